The molecule has 2 bridgehead atoms. The molecule has 3 rings (SSSR count). The number of hydrogen-bond acceptors (Lipinski definition) is 4. The summed E-state index contributed by atoms with van der Waals surface area (Å²) in [5.74, 6) is 3.14. The zero-order chi connectivity index (χ0) is 20.1. The molecule has 5 heteroatoms. The molecule has 1 aromatic carbocycles. The second kappa shape index (κ2) is 8.47. The second-order valence-corrected chi connectivity index (χ2v) is 6.46. The van der Waals surface area contributed by atoms with Crippen molar-refractivity contribution in [3.05, 3.63) is 77.7 Å². The standard InChI is InChI=1S/C23H23N3O2/c1-5-15(2)19-9-7-17(4)20-12-18(8-6-16(20)3)21-13-25-26-23(21)28-11-10-27-14-22(19)24/h1,6-9,12-13H,2,4,10-11,14,24H2,3H3,(H,25,26)/b9-7+,22-19-. The Morgan fingerprint density at radius 1 is 1.29 bits per heavy atom. The molecule has 28 heavy (non-hydrogen) atoms. The number of benzene rings is 1. The molecular weight excluding hydrogens is 350 g/mol. The zero-order valence-electron chi connectivity index (χ0n) is 15.9. The predicted molar refractivity (Wildman–Crippen MR) is 112 cm³/mol. The number of hydrogen-bond donors (Lipinski definition) is 2. The Kier molecular flexibility index (Phi) is 5.83. The third-order valence-electron chi connectivity index (χ3n) is 4.53. The average Bonchev–Trinajstić information content (AvgIpc) is 3.15. The van der Waals surface area contributed by atoms with Crippen LogP contribution in [0.2, 0.25) is 0 Å². The fraction of sp³-hybridized carbons (Fsp3) is 0.174. The smallest absolute Gasteiger partial charge is 0.217 e. The predicted octanol–water partition coefficient (Wildman–Crippen LogP) is 3.77. The van der Waals surface area contributed by atoms with Gasteiger partial charge in [-0.2, -0.15) is 5.10 Å². The Bertz CT molecular complexity index is 1020. The van der Waals surface area contributed by atoms with Gasteiger partial charge in [-0.1, -0.05) is 43.4 Å². The van der Waals surface area contributed by atoms with Crippen molar-refractivity contribution in [1.82, 2.24) is 10.2 Å². The molecule has 0 saturated carbocycles. The number of allylic oxidation sites excluding steroid dienone is 5. The number of aryl methyl sites for hydroxylation is 1. The fourth-order valence-electron chi connectivity index (χ4n) is 2.94. The molecule has 1 aliphatic heterocycles. The minimum atomic E-state index is 0.221. The van der Waals surface area contributed by atoms with Gasteiger partial charge in [0.05, 0.1) is 25.0 Å². The van der Waals surface area contributed by atoms with Crippen LogP contribution in [-0.2, 0) is 4.74 Å². The fourth-order valence-corrected chi connectivity index (χ4v) is 2.94. The first-order chi connectivity index (χ1) is 13.5. The van der Waals surface area contributed by atoms with Gasteiger partial charge in [-0.25, -0.2) is 5.10 Å². The quantitative estimate of drug-likeness (QED) is 0.747. The van der Waals surface area contributed by atoms with Crippen LogP contribution in [0.1, 0.15) is 11.1 Å². The molecule has 0 radical (unpaired) electrons. The first kappa shape index (κ1) is 19.3. The van der Waals surface area contributed by atoms with Gasteiger partial charge >= 0.3 is 0 Å². The maximum Gasteiger partial charge on any atom is 0.217 e. The van der Waals surface area contributed by atoms with E-state index < -0.39 is 0 Å². The Labute approximate surface area is 165 Å². The third-order valence-corrected chi connectivity index (χ3v) is 4.53. The van der Waals surface area contributed by atoms with Crippen LogP contribution in [0.5, 0.6) is 5.88 Å². The van der Waals surface area contributed by atoms with E-state index in [1.54, 1.807) is 6.20 Å². The Morgan fingerprint density at radius 2 is 2.11 bits per heavy atom. The van der Waals surface area contributed by atoms with Crippen LogP contribution in [0.25, 0.3) is 16.7 Å². The van der Waals surface area contributed by atoms with Crippen molar-refractivity contribution in [2.75, 3.05) is 19.8 Å². The van der Waals surface area contributed by atoms with E-state index in [0.29, 0.717) is 35.9 Å². The SMILES string of the molecule is C#CC(=C)C1=C(\N)COCCOc2[nH]ncc2-c2ccc(C)c(c2)C(=C)\C=C\1. The molecule has 0 saturated heterocycles. The molecule has 3 N–H and O–H groups in total. The van der Waals surface area contributed by atoms with Gasteiger partial charge in [-0.3, -0.25) is 0 Å². The largest absolute Gasteiger partial charge is 0.475 e. The van der Waals surface area contributed by atoms with E-state index in [0.717, 1.165) is 27.8 Å². The average molecular weight is 373 g/mol. The molecule has 0 atom stereocenters. The summed E-state index contributed by atoms with van der Waals surface area (Å²) in [4.78, 5) is 0. The Morgan fingerprint density at radius 3 is 2.89 bits per heavy atom. The highest BCUT2D eigenvalue weighted by atomic mass is 16.5. The number of ether oxygens (including phenoxy) is 2. The van der Waals surface area contributed by atoms with Crippen molar-refractivity contribution in [3.63, 3.8) is 0 Å². The molecule has 1 aromatic heterocycles. The van der Waals surface area contributed by atoms with Crippen LogP contribution in [0, 0.1) is 19.3 Å². The van der Waals surface area contributed by atoms with Gasteiger partial charge in [0, 0.05) is 16.8 Å². The Balaban J connectivity index is 2.07. The van der Waals surface area contributed by atoms with Crippen LogP contribution in [-0.4, -0.2) is 30.0 Å². The van der Waals surface area contributed by atoms with Crippen LogP contribution in [0.3, 0.4) is 0 Å². The van der Waals surface area contributed by atoms with Crippen molar-refractivity contribution in [2.45, 2.75) is 6.92 Å². The zero-order valence-corrected chi connectivity index (χ0v) is 15.9. The van der Waals surface area contributed by atoms with Crippen molar-refractivity contribution < 1.29 is 9.47 Å². The highest BCUT2D eigenvalue weighted by Gasteiger charge is 2.12. The van der Waals surface area contributed by atoms with Gasteiger partial charge in [-0.05, 0) is 35.3 Å². The van der Waals surface area contributed by atoms with E-state index in [-0.39, 0.29) is 6.61 Å². The van der Waals surface area contributed by atoms with Gasteiger partial charge in [0.1, 0.15) is 6.61 Å². The first-order valence-electron chi connectivity index (χ1n) is 8.88. The van der Waals surface area contributed by atoms with Crippen LogP contribution < -0.4 is 10.5 Å². The second-order valence-electron chi connectivity index (χ2n) is 6.46. The summed E-state index contributed by atoms with van der Waals surface area (Å²) >= 11 is 0. The lowest BCUT2D eigenvalue weighted by molar-refractivity contribution is 0.114. The number of aromatic amines is 1. The molecule has 0 amide bonds. The molecule has 1 aliphatic rings. The highest BCUT2D eigenvalue weighted by molar-refractivity contribution is 5.80. The minimum absolute atomic E-state index is 0.221. The lowest BCUT2D eigenvalue weighted by atomic mass is 9.95. The number of terminal acetylenes is 1. The number of rotatable bonds is 1. The van der Waals surface area contributed by atoms with Crippen molar-refractivity contribution in [2.24, 2.45) is 5.73 Å². The summed E-state index contributed by atoms with van der Waals surface area (Å²) in [6, 6.07) is 6.15. The number of H-pyrrole nitrogens is 1. The summed E-state index contributed by atoms with van der Waals surface area (Å²) in [5, 5.41) is 7.00. The number of fused-ring (bicyclic) bond motifs is 4. The van der Waals surface area contributed by atoms with Gasteiger partial charge in [0.25, 0.3) is 0 Å². The molecule has 142 valence electrons. The van der Waals surface area contributed by atoms with Gasteiger partial charge in [-0.15, -0.1) is 6.42 Å². The van der Waals surface area contributed by atoms with Crippen LogP contribution in [0.15, 0.2) is 66.5 Å². The number of nitrogens with zero attached hydrogens (tertiary/aromatic N) is 1. The first-order valence-corrected chi connectivity index (χ1v) is 8.88. The normalized spacial score (nSPS) is 18.8. The topological polar surface area (TPSA) is 73.2 Å². The van der Waals surface area contributed by atoms with Crippen molar-refractivity contribution in [1.29, 1.82) is 0 Å². The van der Waals surface area contributed by atoms with E-state index in [2.05, 4.69) is 35.3 Å². The van der Waals surface area contributed by atoms with Crippen LogP contribution in [0.4, 0.5) is 0 Å². The third kappa shape index (κ3) is 4.08. The molecule has 0 aliphatic carbocycles. The summed E-state index contributed by atoms with van der Waals surface area (Å²) < 4.78 is 11.4. The molecule has 2 aromatic rings. The summed E-state index contributed by atoms with van der Waals surface area (Å²) in [5.41, 5.74) is 12.7. The number of nitrogens with one attached hydrogen (secondary N) is 1. The van der Waals surface area contributed by atoms with Gasteiger partial charge in [0.15, 0.2) is 0 Å². The number of nitrogens with two attached hydrogens (primary N) is 1. The highest BCUT2D eigenvalue weighted by Crippen LogP contribution is 2.31. The van der Waals surface area contributed by atoms with Crippen LogP contribution >= 0.6 is 0 Å². The van der Waals surface area contributed by atoms with E-state index in [9.17, 15) is 0 Å². The van der Waals surface area contributed by atoms with E-state index >= 15 is 0 Å². The maximum atomic E-state index is 6.19. The van der Waals surface area contributed by atoms with E-state index in [1.807, 2.05) is 31.2 Å². The summed E-state index contributed by atoms with van der Waals surface area (Å²) in [7, 11) is 0. The maximum absolute atomic E-state index is 6.19. The van der Waals surface area contributed by atoms with Gasteiger partial charge < -0.3 is 15.2 Å². The lowest BCUT2D eigenvalue weighted by Crippen LogP contribution is -2.14. The molecule has 2 heterocycles. The molecule has 0 fully saturated rings. The van der Waals surface area contributed by atoms with Crippen molar-refractivity contribution >= 4 is 5.57 Å². The summed E-state index contributed by atoms with van der Waals surface area (Å²) in [6.45, 7) is 11.1. The van der Waals surface area contributed by atoms with E-state index in [4.69, 9.17) is 21.6 Å². The molecule has 0 unspecified atom stereocenters. The number of aromatic nitrogens is 2. The monoisotopic (exact) mass is 373 g/mol. The molecule has 5 nitrogen and oxygen atoms in total. The van der Waals surface area contributed by atoms with Crippen molar-refractivity contribution in [3.8, 4) is 29.4 Å². The molecular formula is C23H23N3O2. The minimum Gasteiger partial charge on any atom is -0.475 e. The summed E-state index contributed by atoms with van der Waals surface area (Å²) in [6.07, 6.45) is 11.0. The Hall–Kier alpha value is -3.49. The molecule has 0 spiro atoms. The van der Waals surface area contributed by atoms with E-state index in [1.165, 1.54) is 0 Å². The lowest BCUT2D eigenvalue weighted by Gasteiger charge is -2.10. The van der Waals surface area contributed by atoms with Gasteiger partial charge in [0.2, 0.25) is 5.88 Å².